The molecule has 5 nitrogen and oxygen atoms in total. The molecule has 1 unspecified atom stereocenters. The van der Waals surface area contributed by atoms with Gasteiger partial charge in [-0.25, -0.2) is 13.1 Å². The van der Waals surface area contributed by atoms with Crippen LogP contribution in [0.2, 0.25) is 0 Å². The van der Waals surface area contributed by atoms with Crippen LogP contribution >= 0.6 is 0 Å². The summed E-state index contributed by atoms with van der Waals surface area (Å²) in [6, 6.07) is 7.07. The van der Waals surface area contributed by atoms with Gasteiger partial charge in [0.05, 0.1) is 5.69 Å². The van der Waals surface area contributed by atoms with E-state index in [1.807, 2.05) is 31.0 Å². The molecular weight excluding hydrogens is 274 g/mol. The average molecular weight is 299 g/mol. The van der Waals surface area contributed by atoms with Crippen molar-refractivity contribution >= 4 is 15.7 Å². The van der Waals surface area contributed by atoms with Crippen molar-refractivity contribution in [3.8, 4) is 0 Å². The lowest BCUT2D eigenvalue weighted by Crippen LogP contribution is -2.35. The SMILES string of the molecule is CC(C)NS(=O)(=O)c1ccccc1N(C)C(C)CCN. The number of nitrogens with zero attached hydrogens (tertiary/aromatic N) is 1. The maximum atomic E-state index is 12.4. The normalized spacial score (nSPS) is 13.5. The van der Waals surface area contributed by atoms with Gasteiger partial charge in [-0.1, -0.05) is 12.1 Å². The van der Waals surface area contributed by atoms with Crippen molar-refractivity contribution in [3.63, 3.8) is 0 Å². The van der Waals surface area contributed by atoms with E-state index in [0.29, 0.717) is 17.1 Å². The third-order valence-corrected chi connectivity index (χ3v) is 4.88. The van der Waals surface area contributed by atoms with Gasteiger partial charge in [0.15, 0.2) is 0 Å². The molecule has 1 aromatic rings. The van der Waals surface area contributed by atoms with Crippen LogP contribution in [0.5, 0.6) is 0 Å². The monoisotopic (exact) mass is 299 g/mol. The molecule has 6 heteroatoms. The van der Waals surface area contributed by atoms with Crippen LogP contribution in [0.25, 0.3) is 0 Å². The van der Waals surface area contributed by atoms with Gasteiger partial charge in [-0.05, 0) is 45.9 Å². The largest absolute Gasteiger partial charge is 0.371 e. The molecule has 0 bridgehead atoms. The minimum absolute atomic E-state index is 0.139. The zero-order chi connectivity index (χ0) is 15.3. The van der Waals surface area contributed by atoms with E-state index in [-0.39, 0.29) is 12.1 Å². The highest BCUT2D eigenvalue weighted by Gasteiger charge is 2.22. The Bertz CT molecular complexity index is 529. The molecule has 0 saturated heterocycles. The van der Waals surface area contributed by atoms with E-state index < -0.39 is 10.0 Å². The third kappa shape index (κ3) is 4.19. The van der Waals surface area contributed by atoms with Crippen LogP contribution in [0.3, 0.4) is 0 Å². The van der Waals surface area contributed by atoms with Crippen LogP contribution in [0.4, 0.5) is 5.69 Å². The minimum atomic E-state index is -3.51. The number of para-hydroxylation sites is 1. The van der Waals surface area contributed by atoms with E-state index in [1.165, 1.54) is 0 Å². The van der Waals surface area contributed by atoms with E-state index in [2.05, 4.69) is 4.72 Å². The Morgan fingerprint density at radius 2 is 1.85 bits per heavy atom. The van der Waals surface area contributed by atoms with Crippen molar-refractivity contribution in [3.05, 3.63) is 24.3 Å². The molecule has 0 aromatic heterocycles. The predicted octanol–water partition coefficient (Wildman–Crippen LogP) is 1.55. The maximum absolute atomic E-state index is 12.4. The van der Waals surface area contributed by atoms with Gasteiger partial charge in [-0.2, -0.15) is 0 Å². The first-order valence-electron chi connectivity index (χ1n) is 6.84. The van der Waals surface area contributed by atoms with Crippen LogP contribution in [0.1, 0.15) is 27.2 Å². The van der Waals surface area contributed by atoms with Gasteiger partial charge in [0.25, 0.3) is 0 Å². The summed E-state index contributed by atoms with van der Waals surface area (Å²) in [7, 11) is -1.61. The van der Waals surface area contributed by atoms with Crippen LogP contribution in [0.15, 0.2) is 29.2 Å². The summed E-state index contributed by atoms with van der Waals surface area (Å²) in [5.41, 5.74) is 6.27. The van der Waals surface area contributed by atoms with Crippen molar-refractivity contribution < 1.29 is 8.42 Å². The molecule has 1 aromatic carbocycles. The van der Waals surface area contributed by atoms with Gasteiger partial charge in [0.1, 0.15) is 4.90 Å². The highest BCUT2D eigenvalue weighted by molar-refractivity contribution is 7.89. The van der Waals surface area contributed by atoms with Crippen molar-refractivity contribution in [1.29, 1.82) is 0 Å². The lowest BCUT2D eigenvalue weighted by molar-refractivity contribution is 0.568. The van der Waals surface area contributed by atoms with Crippen molar-refractivity contribution in [2.24, 2.45) is 5.73 Å². The second kappa shape index (κ2) is 7.06. The fraction of sp³-hybridized carbons (Fsp3) is 0.571. The average Bonchev–Trinajstić information content (AvgIpc) is 2.36. The quantitative estimate of drug-likeness (QED) is 0.801. The van der Waals surface area contributed by atoms with E-state index >= 15 is 0 Å². The number of rotatable bonds is 7. The fourth-order valence-electron chi connectivity index (χ4n) is 2.02. The summed E-state index contributed by atoms with van der Waals surface area (Å²) in [5.74, 6) is 0. The highest BCUT2D eigenvalue weighted by atomic mass is 32.2. The predicted molar refractivity (Wildman–Crippen MR) is 83.4 cm³/mol. The Kier molecular flexibility index (Phi) is 5.98. The van der Waals surface area contributed by atoms with Gasteiger partial charge in [-0.3, -0.25) is 0 Å². The Labute approximate surface area is 122 Å². The Morgan fingerprint density at radius 3 is 2.40 bits per heavy atom. The smallest absolute Gasteiger partial charge is 0.242 e. The molecule has 1 atom stereocenters. The van der Waals surface area contributed by atoms with Crippen LogP contribution in [-0.2, 0) is 10.0 Å². The molecule has 114 valence electrons. The molecule has 20 heavy (non-hydrogen) atoms. The lowest BCUT2D eigenvalue weighted by atomic mass is 10.2. The van der Waals surface area contributed by atoms with Gasteiger partial charge in [-0.15, -0.1) is 0 Å². The van der Waals surface area contributed by atoms with Crippen molar-refractivity contribution in [2.75, 3.05) is 18.5 Å². The number of nitrogens with two attached hydrogens (primary N) is 1. The van der Waals surface area contributed by atoms with Crippen LogP contribution in [0, 0.1) is 0 Å². The zero-order valence-corrected chi connectivity index (χ0v) is 13.4. The van der Waals surface area contributed by atoms with Gasteiger partial charge in [0, 0.05) is 19.1 Å². The number of hydrogen-bond donors (Lipinski definition) is 2. The second-order valence-corrected chi connectivity index (χ2v) is 6.96. The zero-order valence-electron chi connectivity index (χ0n) is 12.6. The molecule has 0 amide bonds. The van der Waals surface area contributed by atoms with E-state index in [4.69, 9.17) is 5.73 Å². The summed E-state index contributed by atoms with van der Waals surface area (Å²) in [5, 5.41) is 0. The van der Waals surface area contributed by atoms with Crippen molar-refractivity contribution in [1.82, 2.24) is 4.72 Å². The molecular formula is C14H25N3O2S. The van der Waals surface area contributed by atoms with Gasteiger partial charge < -0.3 is 10.6 Å². The number of anilines is 1. The fourth-order valence-corrected chi connectivity index (χ4v) is 3.51. The molecule has 1 rings (SSSR count). The summed E-state index contributed by atoms with van der Waals surface area (Å²) in [6.07, 6.45) is 0.808. The Morgan fingerprint density at radius 1 is 1.25 bits per heavy atom. The number of sulfonamides is 1. The summed E-state index contributed by atoms with van der Waals surface area (Å²) >= 11 is 0. The maximum Gasteiger partial charge on any atom is 0.242 e. The molecule has 0 heterocycles. The first kappa shape index (κ1) is 16.9. The topological polar surface area (TPSA) is 75.4 Å². The standard InChI is InChI=1S/C14H25N3O2S/c1-11(2)16-20(18,19)14-8-6-5-7-13(14)17(4)12(3)9-10-15/h5-8,11-12,16H,9-10,15H2,1-4H3. The summed E-state index contributed by atoms with van der Waals surface area (Å²) in [6.45, 7) is 6.22. The number of hydrogen-bond acceptors (Lipinski definition) is 4. The molecule has 0 aliphatic heterocycles. The van der Waals surface area contributed by atoms with Crippen molar-refractivity contribution in [2.45, 2.75) is 44.2 Å². The van der Waals surface area contributed by atoms with E-state index in [0.717, 1.165) is 6.42 Å². The van der Waals surface area contributed by atoms with Crippen LogP contribution in [-0.4, -0.2) is 34.1 Å². The second-order valence-electron chi connectivity index (χ2n) is 5.28. The van der Waals surface area contributed by atoms with E-state index in [1.54, 1.807) is 26.0 Å². The summed E-state index contributed by atoms with van der Waals surface area (Å²) < 4.78 is 27.4. The Hall–Kier alpha value is -1.11. The minimum Gasteiger partial charge on any atom is -0.371 e. The molecule has 0 aliphatic carbocycles. The highest BCUT2D eigenvalue weighted by Crippen LogP contribution is 2.26. The first-order chi connectivity index (χ1) is 9.29. The molecule has 0 radical (unpaired) electrons. The van der Waals surface area contributed by atoms with Crippen LogP contribution < -0.4 is 15.4 Å². The molecule has 0 fully saturated rings. The number of benzene rings is 1. The Balaban J connectivity index is 3.17. The van der Waals surface area contributed by atoms with Gasteiger partial charge >= 0.3 is 0 Å². The molecule has 0 saturated carbocycles. The molecule has 0 spiro atoms. The molecule has 0 aliphatic rings. The number of nitrogens with one attached hydrogen (secondary N) is 1. The van der Waals surface area contributed by atoms with Gasteiger partial charge in [0.2, 0.25) is 10.0 Å². The molecule has 3 N–H and O–H groups in total. The lowest BCUT2D eigenvalue weighted by Gasteiger charge is -2.28. The van der Waals surface area contributed by atoms with E-state index in [9.17, 15) is 8.42 Å². The third-order valence-electron chi connectivity index (χ3n) is 3.17. The summed E-state index contributed by atoms with van der Waals surface area (Å²) in [4.78, 5) is 2.27. The first-order valence-corrected chi connectivity index (χ1v) is 8.32.